The number of aromatic hydroxyl groups is 1. The third-order valence-electron chi connectivity index (χ3n) is 21.5. The number of carboxylic acids is 2. The highest BCUT2D eigenvalue weighted by molar-refractivity contribution is 6.03. The molecular weight excluding hydrogens is 1790 g/mol. The Kier molecular flexibility index (Phi) is 49.8. The van der Waals surface area contributed by atoms with E-state index in [0.29, 0.717) is 5.56 Å². The second-order valence-corrected chi connectivity index (χ2v) is 34.0. The standard InChI is InChI=1S/C83H135N21O31/c1-17-36(7)60(100-79(130)61(37(8)18-2)99-73(124)49(26-34(3)4)93-67(118)38(9)91-80(131)64(43(14)108)103-70(121)48(84)27-46-21-23-47(111)24-22-46)78(129)90-40(11)69(120)102-65(44(15)109)81(132)95-51(29-58(116)117)72(123)94-50(28-54(85)112)71(122)86-30-55(113)92-52(33-105)82(133)104-25-19-20-53(104)74(125)98-59(35(5)6)77(128)89-39(10)68(119)101-63(42(13)107)76(127)88-31-56(114)96-62(41(12)106)75(126)87-32-57(115)97-66(45(16)110)83(134)135/h21-24,34-45,48-53,59-66,105-111H,17-20,25-33,84H2,1-16H3,(H2,85,112)(H,86,122)(H,87,126)(H,88,127)(H,89,128)(H,90,129)(H,91,131)(H,92,113)(H,93,118)(H,94,123)(H,95,132)(H,96,114)(H,97,115)(H,98,125)(H,99,124)(H,100,130)(H,101,119)(H,102,120)(H,103,121)(H,116,117)(H,134,135)/t36-,37-,38-,39-,40-,41+,42+,43+,44+,45+,48-,49-,50-,51-,52-,53-,59-,60-,61-,62-,63-,64-,65-,66-/m0/s1. The number of likely N-dealkylation sites (tertiary alicyclic amines) is 1. The number of hydrogen-bond donors (Lipinski definition) is 29. The summed E-state index contributed by atoms with van der Waals surface area (Å²) in [5.74, 6) is -27.6. The first-order valence-corrected chi connectivity index (χ1v) is 43.8. The topological polar surface area (TPSA) is 829 Å². The second-order valence-electron chi connectivity index (χ2n) is 34.0. The second kappa shape index (κ2) is 57.0. The fourth-order valence-electron chi connectivity index (χ4n) is 13.2. The number of nitrogens with one attached hydrogen (secondary N) is 18. The van der Waals surface area contributed by atoms with Crippen LogP contribution < -0.4 is 107 Å². The summed E-state index contributed by atoms with van der Waals surface area (Å²) in [7, 11) is 0. The summed E-state index contributed by atoms with van der Waals surface area (Å²) in [6.07, 6.45) is -9.90. The van der Waals surface area contributed by atoms with Crippen molar-refractivity contribution >= 4 is 130 Å². The van der Waals surface area contributed by atoms with Crippen molar-refractivity contribution in [3.05, 3.63) is 29.8 Å². The Morgan fingerprint density at radius 1 is 0.393 bits per heavy atom. The highest BCUT2D eigenvalue weighted by Gasteiger charge is 2.44. The normalized spacial score (nSPS) is 17.5. The van der Waals surface area contributed by atoms with Crippen molar-refractivity contribution in [1.29, 1.82) is 0 Å². The summed E-state index contributed by atoms with van der Waals surface area (Å²) in [6.45, 7) is 17.9. The molecule has 1 aromatic rings. The van der Waals surface area contributed by atoms with E-state index in [1.54, 1.807) is 41.5 Å². The lowest BCUT2D eigenvalue weighted by Gasteiger charge is -2.31. The number of aliphatic hydroxyl groups is 6. The number of aliphatic hydroxyl groups excluding tert-OH is 6. The van der Waals surface area contributed by atoms with E-state index in [0.717, 1.165) is 46.4 Å². The monoisotopic (exact) mass is 1920 g/mol. The predicted molar refractivity (Wildman–Crippen MR) is 472 cm³/mol. The predicted octanol–water partition coefficient (Wildman–Crippen LogP) is -11.9. The van der Waals surface area contributed by atoms with E-state index in [9.17, 15) is 151 Å². The molecule has 0 aromatic heterocycles. The molecule has 1 heterocycles. The first kappa shape index (κ1) is 118. The maximum absolute atomic E-state index is 14.4. The van der Waals surface area contributed by atoms with Gasteiger partial charge in [0.2, 0.25) is 118 Å². The maximum atomic E-state index is 14.4. The van der Waals surface area contributed by atoms with Crippen molar-refractivity contribution in [3.63, 3.8) is 0 Å². The molecule has 1 aromatic carbocycles. The minimum Gasteiger partial charge on any atom is -0.508 e. The highest BCUT2D eigenvalue weighted by atomic mass is 16.4. The average Bonchev–Trinajstić information content (AvgIpc) is 1.54. The number of nitrogens with zero attached hydrogens (tertiary/aromatic N) is 1. The van der Waals surface area contributed by atoms with Crippen molar-refractivity contribution in [2.75, 3.05) is 32.8 Å². The molecule has 52 heteroatoms. The average molecular weight is 1920 g/mol. The summed E-state index contributed by atoms with van der Waals surface area (Å²) in [5, 5.41) is 132. The Bertz CT molecular complexity index is 4330. The molecule has 758 valence electrons. The summed E-state index contributed by atoms with van der Waals surface area (Å²) < 4.78 is 0. The molecule has 1 fully saturated rings. The first-order valence-electron chi connectivity index (χ1n) is 43.8. The van der Waals surface area contributed by atoms with Gasteiger partial charge in [-0.1, -0.05) is 80.4 Å². The van der Waals surface area contributed by atoms with Gasteiger partial charge < -0.3 is 158 Å². The fourth-order valence-corrected chi connectivity index (χ4v) is 13.2. The molecule has 0 aliphatic carbocycles. The van der Waals surface area contributed by atoms with Gasteiger partial charge in [-0.25, -0.2) is 4.79 Å². The lowest BCUT2D eigenvalue weighted by molar-refractivity contribution is -0.145. The van der Waals surface area contributed by atoms with Gasteiger partial charge in [-0.15, -0.1) is 0 Å². The van der Waals surface area contributed by atoms with Crippen molar-refractivity contribution in [2.24, 2.45) is 35.1 Å². The number of carboxylic acid groups (broad SMARTS) is 2. The number of phenolic OH excluding ortho intramolecular Hbond substituents is 1. The zero-order valence-corrected chi connectivity index (χ0v) is 78.1. The number of primary amides is 1. The maximum Gasteiger partial charge on any atom is 0.328 e. The van der Waals surface area contributed by atoms with Crippen LogP contribution in [-0.4, -0.2) is 347 Å². The molecule has 20 amide bonds. The third-order valence-corrected chi connectivity index (χ3v) is 21.5. The van der Waals surface area contributed by atoms with Crippen LogP contribution in [0.3, 0.4) is 0 Å². The molecular formula is C83H135N21O31. The fraction of sp³-hybridized carbons (Fsp3) is 0.663. The van der Waals surface area contributed by atoms with E-state index >= 15 is 0 Å². The summed E-state index contributed by atoms with van der Waals surface area (Å²) in [4.78, 5) is 295. The van der Waals surface area contributed by atoms with E-state index in [2.05, 4.69) is 79.8 Å². The number of carbonyl (C=O) groups is 22. The van der Waals surface area contributed by atoms with Crippen LogP contribution in [0.4, 0.5) is 0 Å². The molecule has 135 heavy (non-hydrogen) atoms. The first-order chi connectivity index (χ1) is 62.8. The van der Waals surface area contributed by atoms with Crippen molar-refractivity contribution in [1.82, 2.24) is 101 Å². The zero-order valence-electron chi connectivity index (χ0n) is 78.1. The van der Waals surface area contributed by atoms with Crippen LogP contribution in [-0.2, 0) is 112 Å². The number of nitrogens with two attached hydrogens (primary N) is 2. The van der Waals surface area contributed by atoms with Crippen molar-refractivity contribution < 1.29 is 151 Å². The number of rotatable bonds is 57. The molecule has 0 spiro atoms. The van der Waals surface area contributed by atoms with Crippen LogP contribution in [0.15, 0.2) is 24.3 Å². The lowest BCUT2D eigenvalue weighted by atomic mass is 9.94. The molecule has 0 bridgehead atoms. The number of carbonyl (C=O) groups excluding carboxylic acids is 20. The van der Waals surface area contributed by atoms with Crippen molar-refractivity contribution in [3.8, 4) is 5.75 Å². The Morgan fingerprint density at radius 3 is 1.17 bits per heavy atom. The minimum atomic E-state index is -2.20. The van der Waals surface area contributed by atoms with Crippen LogP contribution in [0.1, 0.15) is 161 Å². The number of aliphatic carboxylic acids is 2. The van der Waals surface area contributed by atoms with Gasteiger partial charge in [0.1, 0.15) is 96.4 Å². The van der Waals surface area contributed by atoms with Crippen LogP contribution in [0.5, 0.6) is 5.75 Å². The van der Waals surface area contributed by atoms with Gasteiger partial charge in [0, 0.05) is 6.54 Å². The van der Waals surface area contributed by atoms with Gasteiger partial charge in [-0.2, -0.15) is 0 Å². The Hall–Kier alpha value is -12.9. The molecule has 52 nitrogen and oxygen atoms in total. The van der Waals surface area contributed by atoms with Crippen LogP contribution >= 0.6 is 0 Å². The summed E-state index contributed by atoms with van der Waals surface area (Å²) in [6, 6.07) is -21.9. The molecule has 31 N–H and O–H groups in total. The summed E-state index contributed by atoms with van der Waals surface area (Å²) >= 11 is 0. The molecule has 24 atom stereocenters. The molecule has 1 saturated heterocycles. The van der Waals surface area contributed by atoms with Gasteiger partial charge in [0.15, 0.2) is 6.04 Å². The Labute approximate surface area is 778 Å². The quantitative estimate of drug-likeness (QED) is 0.0288. The molecule has 2 rings (SSSR count). The smallest absolute Gasteiger partial charge is 0.328 e. The van der Waals surface area contributed by atoms with Gasteiger partial charge in [-0.05, 0) is 122 Å². The highest BCUT2D eigenvalue weighted by Crippen LogP contribution is 2.21. The third kappa shape index (κ3) is 39.7. The molecule has 0 unspecified atom stereocenters. The van der Waals surface area contributed by atoms with E-state index < -0.39 is 320 Å². The molecule has 1 aliphatic heterocycles. The van der Waals surface area contributed by atoms with Gasteiger partial charge in [-0.3, -0.25) is 101 Å². The van der Waals surface area contributed by atoms with E-state index in [4.69, 9.17) is 11.5 Å². The van der Waals surface area contributed by atoms with E-state index in [1.807, 2.05) is 16.0 Å². The number of amides is 20. The lowest BCUT2D eigenvalue weighted by Crippen LogP contribution is -2.62. The van der Waals surface area contributed by atoms with Crippen molar-refractivity contribution in [2.45, 2.75) is 295 Å². The van der Waals surface area contributed by atoms with E-state index in [-0.39, 0.29) is 56.7 Å². The minimum absolute atomic E-state index is 0.00609. The van der Waals surface area contributed by atoms with E-state index in [1.165, 1.54) is 52.0 Å². The number of phenols is 1. The van der Waals surface area contributed by atoms with Gasteiger partial charge in [0.05, 0.1) is 75.6 Å². The zero-order chi connectivity index (χ0) is 103. The Morgan fingerprint density at radius 2 is 0.748 bits per heavy atom. The SMILES string of the molecule is CC[C@H](C)[C@H](NC(=O)[C@H](CC(C)C)NC(=O)[C@H](C)NC(=O)[C@@H](NC(=O)[C@@H](N)Cc1ccc(O)cc1)[C@@H](C)O)C(=O)N[C@H](C(=O)N[C@@H](C)C(=O)N[C@H](C(=O)N[C@@H](CC(=O)O)C(=O)N[C@@H](CC(N)=O)C(=O)NCC(=O)N[C@@H](CO)C(=O)N1CCC[C@H]1C(=O)N[C@H](C(=O)N[C@@H](C)C(=O)N[C@H](C(=O)NCC(=O)N[C@H](C(=O)NCC(=O)N[C@H](C(=O)O)[C@@H](C)O)[C@@H](C)O)[C@@H](C)O)C(C)C)[C@@H](C)O)[C@@H](C)CC. The van der Waals surface area contributed by atoms with Gasteiger partial charge in [0.25, 0.3) is 0 Å². The van der Waals surface area contributed by atoms with Crippen LogP contribution in [0, 0.1) is 23.7 Å². The number of benzene rings is 1. The van der Waals surface area contributed by atoms with Gasteiger partial charge >= 0.3 is 11.9 Å². The molecule has 1 aliphatic rings. The Balaban J connectivity index is 2.18. The molecule has 0 saturated carbocycles. The number of hydrogen-bond acceptors (Lipinski definition) is 30. The molecule has 0 radical (unpaired) electrons. The summed E-state index contributed by atoms with van der Waals surface area (Å²) in [5.41, 5.74) is 12.0. The van der Waals surface area contributed by atoms with Crippen LogP contribution in [0.2, 0.25) is 0 Å². The van der Waals surface area contributed by atoms with Crippen LogP contribution in [0.25, 0.3) is 0 Å². The largest absolute Gasteiger partial charge is 0.508 e.